The first-order chi connectivity index (χ1) is 9.19. The van der Waals surface area contributed by atoms with E-state index >= 15 is 0 Å². The second-order valence-corrected chi connectivity index (χ2v) is 4.20. The molecule has 0 saturated heterocycles. The summed E-state index contributed by atoms with van der Waals surface area (Å²) in [5.74, 6) is 0.319. The second-order valence-electron chi connectivity index (χ2n) is 4.20. The first-order valence-electron chi connectivity index (χ1n) is 5.99. The zero-order chi connectivity index (χ0) is 13.7. The van der Waals surface area contributed by atoms with Crippen LogP contribution in [0.15, 0.2) is 48.5 Å². The van der Waals surface area contributed by atoms with E-state index in [1.54, 1.807) is 18.2 Å². The molecule has 0 aromatic heterocycles. The van der Waals surface area contributed by atoms with Gasteiger partial charge in [-0.3, -0.25) is 4.79 Å². The third-order valence-electron chi connectivity index (χ3n) is 2.75. The largest absolute Gasteiger partial charge is 0.489 e. The molecule has 0 saturated carbocycles. The molecule has 4 N–H and O–H groups in total. The van der Waals surface area contributed by atoms with Gasteiger partial charge in [-0.2, -0.15) is 0 Å². The van der Waals surface area contributed by atoms with E-state index in [-0.39, 0.29) is 0 Å². The third-order valence-corrected chi connectivity index (χ3v) is 2.75. The molecule has 0 spiro atoms. The molecule has 0 aliphatic rings. The van der Waals surface area contributed by atoms with Gasteiger partial charge in [-0.05, 0) is 35.4 Å². The van der Waals surface area contributed by atoms with Crippen LogP contribution in [0.25, 0.3) is 0 Å². The number of ether oxygens (including phenoxy) is 1. The SMILES string of the molecule is NCc1cccc(OCc2cccc(C(N)=O)c2)c1. The fraction of sp³-hybridized carbons (Fsp3) is 0.133. The Morgan fingerprint density at radius 2 is 1.79 bits per heavy atom. The maximum absolute atomic E-state index is 11.1. The van der Waals surface area contributed by atoms with Crippen molar-refractivity contribution in [2.24, 2.45) is 11.5 Å². The van der Waals surface area contributed by atoms with Gasteiger partial charge in [-0.1, -0.05) is 24.3 Å². The Hall–Kier alpha value is -2.33. The van der Waals surface area contributed by atoms with Gasteiger partial charge in [0.05, 0.1) is 0 Å². The fourth-order valence-electron chi connectivity index (χ4n) is 1.74. The molecule has 1 amide bonds. The van der Waals surface area contributed by atoms with Crippen LogP contribution in [0, 0.1) is 0 Å². The lowest BCUT2D eigenvalue weighted by Gasteiger charge is -2.08. The highest BCUT2D eigenvalue weighted by Crippen LogP contribution is 2.15. The van der Waals surface area contributed by atoms with Crippen molar-refractivity contribution in [3.63, 3.8) is 0 Å². The predicted molar refractivity (Wildman–Crippen MR) is 73.6 cm³/mol. The summed E-state index contributed by atoms with van der Waals surface area (Å²) in [6, 6.07) is 14.7. The number of amides is 1. The fourth-order valence-corrected chi connectivity index (χ4v) is 1.74. The Bertz CT molecular complexity index is 582. The zero-order valence-electron chi connectivity index (χ0n) is 10.5. The van der Waals surface area contributed by atoms with Gasteiger partial charge in [0, 0.05) is 12.1 Å². The first-order valence-corrected chi connectivity index (χ1v) is 5.99. The van der Waals surface area contributed by atoms with E-state index in [1.807, 2.05) is 30.3 Å². The monoisotopic (exact) mass is 256 g/mol. The number of benzene rings is 2. The summed E-state index contributed by atoms with van der Waals surface area (Å²) < 4.78 is 5.66. The Kier molecular flexibility index (Phi) is 4.15. The lowest BCUT2D eigenvalue weighted by atomic mass is 10.1. The van der Waals surface area contributed by atoms with Crippen molar-refractivity contribution in [1.29, 1.82) is 0 Å². The normalized spacial score (nSPS) is 10.2. The van der Waals surface area contributed by atoms with E-state index in [0.29, 0.717) is 18.7 Å². The van der Waals surface area contributed by atoms with Crippen molar-refractivity contribution in [1.82, 2.24) is 0 Å². The van der Waals surface area contributed by atoms with Crippen molar-refractivity contribution in [2.45, 2.75) is 13.2 Å². The van der Waals surface area contributed by atoms with Crippen molar-refractivity contribution >= 4 is 5.91 Å². The van der Waals surface area contributed by atoms with Gasteiger partial charge in [0.25, 0.3) is 0 Å². The number of rotatable bonds is 5. The van der Waals surface area contributed by atoms with Gasteiger partial charge >= 0.3 is 0 Å². The molecular weight excluding hydrogens is 240 g/mol. The van der Waals surface area contributed by atoms with E-state index in [2.05, 4.69) is 0 Å². The van der Waals surface area contributed by atoms with Gasteiger partial charge in [0.15, 0.2) is 0 Å². The van der Waals surface area contributed by atoms with E-state index in [0.717, 1.165) is 16.9 Å². The minimum atomic E-state index is -0.438. The van der Waals surface area contributed by atoms with E-state index in [1.165, 1.54) is 0 Å². The summed E-state index contributed by atoms with van der Waals surface area (Å²) in [6.45, 7) is 0.865. The first kappa shape index (κ1) is 13.1. The van der Waals surface area contributed by atoms with Crippen LogP contribution in [0.3, 0.4) is 0 Å². The summed E-state index contributed by atoms with van der Waals surface area (Å²) in [7, 11) is 0. The molecule has 0 aliphatic carbocycles. The van der Waals surface area contributed by atoms with Crippen molar-refractivity contribution < 1.29 is 9.53 Å². The maximum Gasteiger partial charge on any atom is 0.248 e. The molecule has 0 fully saturated rings. The average Bonchev–Trinajstić information content (AvgIpc) is 2.45. The Labute approximate surface area is 112 Å². The summed E-state index contributed by atoms with van der Waals surface area (Å²) in [6.07, 6.45) is 0. The molecule has 0 bridgehead atoms. The number of carbonyl (C=O) groups excluding carboxylic acids is 1. The summed E-state index contributed by atoms with van der Waals surface area (Å²) in [5.41, 5.74) is 13.2. The van der Waals surface area contributed by atoms with Crippen molar-refractivity contribution in [3.05, 3.63) is 65.2 Å². The van der Waals surface area contributed by atoms with Gasteiger partial charge in [-0.25, -0.2) is 0 Å². The lowest BCUT2D eigenvalue weighted by Crippen LogP contribution is -2.11. The van der Waals surface area contributed by atoms with E-state index in [4.69, 9.17) is 16.2 Å². The molecule has 2 aromatic rings. The molecule has 19 heavy (non-hydrogen) atoms. The number of hydrogen-bond donors (Lipinski definition) is 2. The Morgan fingerprint density at radius 3 is 2.53 bits per heavy atom. The molecule has 0 radical (unpaired) electrons. The molecule has 0 atom stereocenters. The van der Waals surface area contributed by atoms with Gasteiger partial charge in [0.2, 0.25) is 5.91 Å². The molecule has 0 aliphatic heterocycles. The minimum absolute atomic E-state index is 0.384. The van der Waals surface area contributed by atoms with Crippen LogP contribution in [0.5, 0.6) is 5.75 Å². The van der Waals surface area contributed by atoms with E-state index in [9.17, 15) is 4.79 Å². The number of nitrogens with two attached hydrogens (primary N) is 2. The summed E-state index contributed by atoms with van der Waals surface area (Å²) in [5, 5.41) is 0. The summed E-state index contributed by atoms with van der Waals surface area (Å²) in [4.78, 5) is 11.1. The highest BCUT2D eigenvalue weighted by molar-refractivity contribution is 5.92. The number of carbonyl (C=O) groups is 1. The molecule has 4 heteroatoms. The van der Waals surface area contributed by atoms with Gasteiger partial charge in [0.1, 0.15) is 12.4 Å². The van der Waals surface area contributed by atoms with Crippen molar-refractivity contribution in [3.8, 4) is 5.75 Å². The van der Waals surface area contributed by atoms with Crippen LogP contribution in [-0.4, -0.2) is 5.91 Å². The molecule has 2 aromatic carbocycles. The van der Waals surface area contributed by atoms with Crippen LogP contribution in [-0.2, 0) is 13.2 Å². The molecule has 98 valence electrons. The topological polar surface area (TPSA) is 78.3 Å². The molecule has 2 rings (SSSR count). The standard InChI is InChI=1S/C15H16N2O2/c16-9-11-3-2-6-14(8-11)19-10-12-4-1-5-13(7-12)15(17)18/h1-8H,9-10,16H2,(H2,17,18). The van der Waals surface area contributed by atoms with Crippen molar-refractivity contribution in [2.75, 3.05) is 0 Å². The zero-order valence-corrected chi connectivity index (χ0v) is 10.5. The average molecular weight is 256 g/mol. The molecule has 0 heterocycles. The quantitative estimate of drug-likeness (QED) is 0.856. The third kappa shape index (κ3) is 3.56. The van der Waals surface area contributed by atoms with Crippen LogP contribution >= 0.6 is 0 Å². The minimum Gasteiger partial charge on any atom is -0.489 e. The highest BCUT2D eigenvalue weighted by Gasteiger charge is 2.02. The Morgan fingerprint density at radius 1 is 1.05 bits per heavy atom. The summed E-state index contributed by atoms with van der Waals surface area (Å²) >= 11 is 0. The van der Waals surface area contributed by atoms with Crippen LogP contribution < -0.4 is 16.2 Å². The maximum atomic E-state index is 11.1. The highest BCUT2D eigenvalue weighted by atomic mass is 16.5. The van der Waals surface area contributed by atoms with Crippen LogP contribution in [0.1, 0.15) is 21.5 Å². The van der Waals surface area contributed by atoms with Crippen LogP contribution in [0.2, 0.25) is 0 Å². The molecule has 4 nitrogen and oxygen atoms in total. The van der Waals surface area contributed by atoms with Crippen LogP contribution in [0.4, 0.5) is 0 Å². The van der Waals surface area contributed by atoms with E-state index < -0.39 is 5.91 Å². The Balaban J connectivity index is 2.05. The smallest absolute Gasteiger partial charge is 0.248 e. The number of primary amides is 1. The van der Waals surface area contributed by atoms with Gasteiger partial charge < -0.3 is 16.2 Å². The molecule has 0 unspecified atom stereocenters. The molecular formula is C15H16N2O2. The second kappa shape index (κ2) is 6.02. The van der Waals surface area contributed by atoms with Gasteiger partial charge in [-0.15, -0.1) is 0 Å². The lowest BCUT2D eigenvalue weighted by molar-refractivity contribution is 0.1000. The number of hydrogen-bond acceptors (Lipinski definition) is 3. The predicted octanol–water partition coefficient (Wildman–Crippen LogP) is 1.82.